The molecule has 0 saturated heterocycles. The number of hydrogen-bond acceptors (Lipinski definition) is 4. The Kier molecular flexibility index (Phi) is 5.77. The van der Waals surface area contributed by atoms with Gasteiger partial charge < -0.3 is 18.8 Å². The molecule has 4 nitrogen and oxygen atoms in total. The molecule has 3 aromatic carbocycles. The highest BCUT2D eigenvalue weighted by atomic mass is 127. The molecule has 0 radical (unpaired) electrons. The van der Waals surface area contributed by atoms with Crippen LogP contribution in [-0.2, 0) is 8.99 Å². The zero-order valence-electron chi connectivity index (χ0n) is 16.0. The largest absolute Gasteiger partial charge is 0.586 e. The molecule has 1 heterocycles. The van der Waals surface area contributed by atoms with Gasteiger partial charge in [0.05, 0.1) is 6.61 Å². The summed E-state index contributed by atoms with van der Waals surface area (Å²) in [5, 5.41) is 1.59. The summed E-state index contributed by atoms with van der Waals surface area (Å²) in [5.74, 6) is -0.201. The van der Waals surface area contributed by atoms with Crippen LogP contribution in [0.2, 0.25) is 0 Å². The van der Waals surface area contributed by atoms with E-state index in [-0.39, 0.29) is 23.9 Å². The second-order valence-electron chi connectivity index (χ2n) is 6.55. The summed E-state index contributed by atoms with van der Waals surface area (Å²) in [4.78, 5) is 0. The zero-order chi connectivity index (χ0) is 21.4. The van der Waals surface area contributed by atoms with Gasteiger partial charge in [-0.1, -0.05) is 83.3 Å². The van der Waals surface area contributed by atoms with E-state index in [1.165, 1.54) is 0 Å². The molecule has 0 aliphatic carbocycles. The number of alkyl halides is 3. The first-order chi connectivity index (χ1) is 14.4. The van der Waals surface area contributed by atoms with Crippen LogP contribution >= 0.6 is 29.7 Å². The van der Waals surface area contributed by atoms with Gasteiger partial charge in [-0.3, -0.25) is 0 Å². The van der Waals surface area contributed by atoms with E-state index in [2.05, 4.69) is 22.6 Å². The second-order valence-corrected chi connectivity index (χ2v) is 10.0. The van der Waals surface area contributed by atoms with E-state index >= 15 is 0 Å². The van der Waals surface area contributed by atoms with E-state index < -0.39 is 13.4 Å². The lowest BCUT2D eigenvalue weighted by atomic mass is 10.2. The van der Waals surface area contributed by atoms with Crippen LogP contribution in [0.1, 0.15) is 12.5 Å². The molecule has 0 fully saturated rings. The summed E-state index contributed by atoms with van der Waals surface area (Å²) in [5.41, 5.74) is 0.405. The molecule has 3 aromatic rings. The lowest BCUT2D eigenvalue weighted by Gasteiger charge is -2.24. The van der Waals surface area contributed by atoms with Crippen LogP contribution in [0.3, 0.4) is 0 Å². The number of ether oxygens (including phenoxy) is 3. The van der Waals surface area contributed by atoms with Gasteiger partial charge in [-0.25, -0.2) is 0 Å². The van der Waals surface area contributed by atoms with Gasteiger partial charge in [0.15, 0.2) is 18.6 Å². The number of rotatable bonds is 6. The Morgan fingerprint density at radius 3 is 2.00 bits per heavy atom. The minimum Gasteiger partial charge on any atom is -0.490 e. The van der Waals surface area contributed by atoms with Crippen molar-refractivity contribution >= 4 is 45.6 Å². The minimum absolute atomic E-state index is 0.0837. The predicted molar refractivity (Wildman–Crippen MR) is 121 cm³/mol. The zero-order valence-corrected chi connectivity index (χ0v) is 19.0. The molecule has 0 bridgehead atoms. The maximum atomic E-state index is 14.8. The van der Waals surface area contributed by atoms with Gasteiger partial charge in [-0.05, 0) is 13.0 Å². The Bertz CT molecular complexity index is 1060. The minimum atomic E-state index is -3.81. The molecule has 8 heteroatoms. The molecule has 156 valence electrons. The highest BCUT2D eigenvalue weighted by Gasteiger charge is 2.48. The van der Waals surface area contributed by atoms with Crippen LogP contribution in [-0.4, -0.2) is 12.9 Å². The maximum absolute atomic E-state index is 14.8. The van der Waals surface area contributed by atoms with Crippen molar-refractivity contribution in [2.75, 3.05) is 6.61 Å². The summed E-state index contributed by atoms with van der Waals surface area (Å²) in [6, 6.07) is 19.6. The Hall–Kier alpha value is -2.12. The fourth-order valence-electron chi connectivity index (χ4n) is 3.48. The van der Waals surface area contributed by atoms with Crippen LogP contribution in [0.15, 0.2) is 66.7 Å². The smallest absolute Gasteiger partial charge is 0.490 e. The topological polar surface area (TPSA) is 44.8 Å². The van der Waals surface area contributed by atoms with Crippen LogP contribution in [0.5, 0.6) is 17.2 Å². The highest BCUT2D eigenvalue weighted by molar-refractivity contribution is 14.1. The average Bonchev–Trinajstić information content (AvgIpc) is 3.09. The lowest BCUT2D eigenvalue weighted by Crippen LogP contribution is -2.28. The van der Waals surface area contributed by atoms with Gasteiger partial charge in [-0.2, -0.15) is 0 Å². The van der Waals surface area contributed by atoms with Crippen molar-refractivity contribution < 1.29 is 27.6 Å². The van der Waals surface area contributed by atoms with Crippen molar-refractivity contribution in [2.45, 2.75) is 17.6 Å². The van der Waals surface area contributed by atoms with Gasteiger partial charge in [0.25, 0.3) is 0 Å². The Labute approximate surface area is 186 Å². The van der Waals surface area contributed by atoms with Gasteiger partial charge in [0.1, 0.15) is 0 Å². The monoisotopic (exact) mass is 542 g/mol. The number of hydrogen-bond donors (Lipinski definition) is 0. The molecular weight excluding hydrogens is 524 g/mol. The third-order valence-electron chi connectivity index (χ3n) is 4.74. The molecule has 0 aromatic heterocycles. The number of halogens is 3. The normalized spacial score (nSPS) is 14.5. The molecule has 0 spiro atoms. The van der Waals surface area contributed by atoms with Crippen molar-refractivity contribution in [1.29, 1.82) is 0 Å². The molecule has 0 unspecified atom stereocenters. The molecule has 0 saturated carbocycles. The van der Waals surface area contributed by atoms with Crippen LogP contribution < -0.4 is 30.1 Å². The molecule has 0 atom stereocenters. The van der Waals surface area contributed by atoms with Crippen LogP contribution in [0.4, 0.5) is 8.78 Å². The molecule has 0 amide bonds. The van der Waals surface area contributed by atoms with E-state index in [1.807, 2.05) is 12.1 Å². The second kappa shape index (κ2) is 8.19. The summed E-state index contributed by atoms with van der Waals surface area (Å²) in [6.07, 6.45) is -3.81. The molecule has 0 N–H and O–H groups in total. The first kappa shape index (κ1) is 21.1. The fourth-order valence-corrected chi connectivity index (χ4v) is 7.44. The quantitative estimate of drug-likeness (QED) is 0.251. The Balaban J connectivity index is 2.06. The van der Waals surface area contributed by atoms with Crippen LogP contribution in [0.25, 0.3) is 0 Å². The van der Waals surface area contributed by atoms with E-state index in [4.69, 9.17) is 14.2 Å². The van der Waals surface area contributed by atoms with E-state index in [1.54, 1.807) is 61.5 Å². The maximum Gasteiger partial charge on any atom is 0.586 e. The molecule has 30 heavy (non-hydrogen) atoms. The highest BCUT2D eigenvalue weighted by Crippen LogP contribution is 2.54. The molecular formula is C22H18F2IO4P. The van der Waals surface area contributed by atoms with Crippen LogP contribution in [0, 0.1) is 0 Å². The van der Waals surface area contributed by atoms with Crippen molar-refractivity contribution in [2.24, 2.45) is 0 Å². The summed E-state index contributed by atoms with van der Waals surface area (Å²) in [7, 11) is -3.42. The standard InChI is InChI=1S/C22H18F2IO4P/c1-2-27-18-13-19(17(14-25)20-21(18)29-22(23,24)28-20)30(26,15-9-5-3-6-10-15)16-11-7-4-8-12-16/h3-13H,2,14H2,1H3. The van der Waals surface area contributed by atoms with E-state index in [9.17, 15) is 13.3 Å². The molecule has 1 aliphatic rings. The Morgan fingerprint density at radius 2 is 1.50 bits per heavy atom. The van der Waals surface area contributed by atoms with Gasteiger partial charge >= 0.3 is 6.29 Å². The van der Waals surface area contributed by atoms with Gasteiger partial charge in [0.2, 0.25) is 5.75 Å². The Morgan fingerprint density at radius 1 is 0.967 bits per heavy atom. The lowest BCUT2D eigenvalue weighted by molar-refractivity contribution is -0.287. The summed E-state index contributed by atoms with van der Waals surface area (Å²) in [6.45, 7) is 1.96. The third-order valence-corrected chi connectivity index (χ3v) is 8.63. The molecule has 4 rings (SSSR count). The fraction of sp³-hybridized carbons (Fsp3) is 0.182. The van der Waals surface area contributed by atoms with Crippen molar-refractivity contribution in [3.8, 4) is 17.2 Å². The number of benzene rings is 3. The predicted octanol–water partition coefficient (Wildman–Crippen LogP) is 4.98. The molecule has 1 aliphatic heterocycles. The summed E-state index contributed by atoms with van der Waals surface area (Å²) < 4.78 is 58.2. The average molecular weight is 542 g/mol. The van der Waals surface area contributed by atoms with E-state index in [0.717, 1.165) is 0 Å². The SMILES string of the molecule is CCOc1cc(P(=O)(c2ccccc2)c2ccccc2)c(CI)c2c1OC(F)(F)O2. The third kappa shape index (κ3) is 3.58. The first-order valence-corrected chi connectivity index (χ1v) is 12.5. The van der Waals surface area contributed by atoms with Crippen molar-refractivity contribution in [3.63, 3.8) is 0 Å². The van der Waals surface area contributed by atoms with Gasteiger partial charge in [0, 0.05) is 25.9 Å². The number of fused-ring (bicyclic) bond motifs is 1. The van der Waals surface area contributed by atoms with E-state index in [0.29, 0.717) is 25.9 Å². The van der Waals surface area contributed by atoms with Crippen molar-refractivity contribution in [3.05, 3.63) is 72.3 Å². The van der Waals surface area contributed by atoms with Gasteiger partial charge in [-0.15, -0.1) is 8.78 Å². The van der Waals surface area contributed by atoms with Crippen molar-refractivity contribution in [1.82, 2.24) is 0 Å². The first-order valence-electron chi connectivity index (χ1n) is 9.27. The summed E-state index contributed by atoms with van der Waals surface area (Å²) >= 11 is 2.05.